The molecule has 6 heteroatoms. The summed E-state index contributed by atoms with van der Waals surface area (Å²) in [7, 11) is 0. The van der Waals surface area contributed by atoms with Crippen LogP contribution in [0, 0.1) is 11.7 Å². The van der Waals surface area contributed by atoms with Crippen LogP contribution in [-0.4, -0.2) is 17.1 Å². The summed E-state index contributed by atoms with van der Waals surface area (Å²) in [5.74, 6) is -0.296. The van der Waals surface area contributed by atoms with E-state index in [-0.39, 0.29) is 28.8 Å². The molecule has 0 spiro atoms. The molecule has 0 bridgehead atoms. The van der Waals surface area contributed by atoms with E-state index in [1.807, 2.05) is 24.3 Å². The van der Waals surface area contributed by atoms with Crippen molar-refractivity contribution in [1.29, 1.82) is 0 Å². The van der Waals surface area contributed by atoms with E-state index in [9.17, 15) is 14.0 Å². The Morgan fingerprint density at radius 1 is 1.08 bits per heavy atom. The molecule has 1 aliphatic carbocycles. The second kappa shape index (κ2) is 7.70. The zero-order chi connectivity index (χ0) is 17.8. The highest BCUT2D eigenvalue weighted by Gasteiger charge is 2.29. The Kier molecular flexibility index (Phi) is 5.38. The number of amides is 2. The number of hydrogen-bond acceptors (Lipinski definition) is 3. The highest BCUT2D eigenvalue weighted by Crippen LogP contribution is 2.31. The lowest BCUT2D eigenvalue weighted by atomic mass is 10.3. The van der Waals surface area contributed by atoms with Crippen LogP contribution >= 0.6 is 11.8 Å². The van der Waals surface area contributed by atoms with Crippen LogP contribution in [-0.2, 0) is 9.59 Å². The summed E-state index contributed by atoms with van der Waals surface area (Å²) in [4.78, 5) is 25.0. The molecular formula is C19H19FN2O2S. The van der Waals surface area contributed by atoms with Gasteiger partial charge in [-0.15, -0.1) is 11.8 Å². The second-order valence-electron chi connectivity index (χ2n) is 6.05. The van der Waals surface area contributed by atoms with E-state index in [2.05, 4.69) is 10.6 Å². The van der Waals surface area contributed by atoms with E-state index in [1.165, 1.54) is 36.0 Å². The molecular weight excluding hydrogens is 339 g/mol. The molecule has 1 unspecified atom stereocenters. The van der Waals surface area contributed by atoms with Crippen molar-refractivity contribution < 1.29 is 14.0 Å². The molecule has 1 saturated carbocycles. The van der Waals surface area contributed by atoms with Crippen molar-refractivity contribution in [3.05, 3.63) is 54.3 Å². The fraction of sp³-hybridized carbons (Fsp3) is 0.263. The zero-order valence-corrected chi connectivity index (χ0v) is 14.6. The topological polar surface area (TPSA) is 58.2 Å². The van der Waals surface area contributed by atoms with Crippen LogP contribution in [0.2, 0.25) is 0 Å². The van der Waals surface area contributed by atoms with Crippen LogP contribution in [0.1, 0.15) is 19.8 Å². The average molecular weight is 358 g/mol. The fourth-order valence-electron chi connectivity index (χ4n) is 2.27. The van der Waals surface area contributed by atoms with Gasteiger partial charge in [0.1, 0.15) is 5.82 Å². The number of nitrogens with one attached hydrogen (secondary N) is 2. The molecule has 2 aromatic rings. The Bertz CT molecular complexity index is 775. The van der Waals surface area contributed by atoms with Crippen LogP contribution in [0.15, 0.2) is 53.4 Å². The van der Waals surface area contributed by atoms with Gasteiger partial charge in [-0.25, -0.2) is 4.39 Å². The minimum atomic E-state index is -0.342. The molecule has 1 aliphatic rings. The molecule has 0 radical (unpaired) electrons. The molecule has 0 aromatic heterocycles. The predicted octanol–water partition coefficient (Wildman–Crippen LogP) is 4.29. The van der Waals surface area contributed by atoms with E-state index in [4.69, 9.17) is 0 Å². The van der Waals surface area contributed by atoms with E-state index >= 15 is 0 Å². The smallest absolute Gasteiger partial charge is 0.237 e. The quantitative estimate of drug-likeness (QED) is 0.757. The third-order valence-electron chi connectivity index (χ3n) is 3.84. The van der Waals surface area contributed by atoms with Crippen LogP contribution in [0.4, 0.5) is 15.8 Å². The number of thioether (sulfide) groups is 1. The van der Waals surface area contributed by atoms with Gasteiger partial charge in [0, 0.05) is 22.2 Å². The number of hydrogen-bond donors (Lipinski definition) is 2. The number of carbonyl (C=O) groups is 2. The monoisotopic (exact) mass is 358 g/mol. The van der Waals surface area contributed by atoms with E-state index in [1.54, 1.807) is 6.92 Å². The van der Waals surface area contributed by atoms with Gasteiger partial charge >= 0.3 is 0 Å². The van der Waals surface area contributed by atoms with Crippen LogP contribution in [0.3, 0.4) is 0 Å². The van der Waals surface area contributed by atoms with Gasteiger partial charge in [0.05, 0.1) is 5.25 Å². The Morgan fingerprint density at radius 3 is 2.48 bits per heavy atom. The first-order chi connectivity index (χ1) is 12.0. The molecule has 3 rings (SSSR count). The molecule has 0 saturated heterocycles. The first kappa shape index (κ1) is 17.5. The van der Waals surface area contributed by atoms with Gasteiger partial charge in [-0.05, 0) is 62.2 Å². The highest BCUT2D eigenvalue weighted by atomic mass is 32.2. The van der Waals surface area contributed by atoms with Gasteiger partial charge in [-0.1, -0.05) is 6.07 Å². The number of halogens is 1. The molecule has 1 atom stereocenters. The average Bonchev–Trinajstić information content (AvgIpc) is 3.42. The van der Waals surface area contributed by atoms with Gasteiger partial charge in [0.15, 0.2) is 0 Å². The molecule has 2 aromatic carbocycles. The van der Waals surface area contributed by atoms with Crippen molar-refractivity contribution in [2.45, 2.75) is 29.9 Å². The van der Waals surface area contributed by atoms with Crippen LogP contribution in [0.5, 0.6) is 0 Å². The SMILES string of the molecule is CC(Sc1cccc(NC(=O)C2CC2)c1)C(=O)Nc1ccc(F)cc1. The maximum atomic E-state index is 12.9. The van der Waals surface area contributed by atoms with Gasteiger partial charge in [-0.2, -0.15) is 0 Å². The minimum absolute atomic E-state index is 0.0595. The lowest BCUT2D eigenvalue weighted by Crippen LogP contribution is -2.22. The van der Waals surface area contributed by atoms with Crippen molar-refractivity contribution in [1.82, 2.24) is 0 Å². The van der Waals surface area contributed by atoms with Gasteiger partial charge in [0.2, 0.25) is 11.8 Å². The van der Waals surface area contributed by atoms with Gasteiger partial charge in [0.25, 0.3) is 0 Å². The Morgan fingerprint density at radius 2 is 1.80 bits per heavy atom. The molecule has 2 amide bonds. The first-order valence-corrected chi connectivity index (χ1v) is 9.03. The van der Waals surface area contributed by atoms with Crippen molar-refractivity contribution >= 4 is 35.0 Å². The molecule has 130 valence electrons. The summed E-state index contributed by atoms with van der Waals surface area (Å²) in [5, 5.41) is 5.33. The summed E-state index contributed by atoms with van der Waals surface area (Å²) >= 11 is 1.40. The Labute approximate surface area is 150 Å². The second-order valence-corrected chi connectivity index (χ2v) is 7.46. The first-order valence-electron chi connectivity index (χ1n) is 8.15. The molecule has 25 heavy (non-hydrogen) atoms. The lowest BCUT2D eigenvalue weighted by molar-refractivity contribution is -0.117. The zero-order valence-electron chi connectivity index (χ0n) is 13.8. The number of benzene rings is 2. The number of carbonyl (C=O) groups excluding carboxylic acids is 2. The van der Waals surface area contributed by atoms with E-state index in [0.717, 1.165) is 23.4 Å². The standard InChI is InChI=1S/C19H19FN2O2S/c1-12(18(23)21-15-9-7-14(20)8-10-15)25-17-4-2-3-16(11-17)22-19(24)13-5-6-13/h2-4,7-13H,5-6H2,1H3,(H,21,23)(H,22,24). The Hall–Kier alpha value is -2.34. The minimum Gasteiger partial charge on any atom is -0.326 e. The third-order valence-corrected chi connectivity index (χ3v) is 4.94. The Balaban J connectivity index is 1.57. The highest BCUT2D eigenvalue weighted by molar-refractivity contribution is 8.00. The lowest BCUT2D eigenvalue weighted by Gasteiger charge is -2.13. The third kappa shape index (κ3) is 5.06. The molecule has 0 heterocycles. The summed E-state index contributed by atoms with van der Waals surface area (Å²) in [5.41, 5.74) is 1.30. The van der Waals surface area contributed by atoms with Crippen molar-refractivity contribution in [2.24, 2.45) is 5.92 Å². The summed E-state index contributed by atoms with van der Waals surface area (Å²) < 4.78 is 12.9. The maximum absolute atomic E-state index is 12.9. The predicted molar refractivity (Wildman–Crippen MR) is 98.1 cm³/mol. The summed E-state index contributed by atoms with van der Waals surface area (Å²) in [6.07, 6.45) is 1.92. The van der Waals surface area contributed by atoms with Gasteiger partial charge < -0.3 is 10.6 Å². The molecule has 4 nitrogen and oxygen atoms in total. The van der Waals surface area contributed by atoms with E-state index < -0.39 is 0 Å². The maximum Gasteiger partial charge on any atom is 0.237 e. The van der Waals surface area contributed by atoms with Gasteiger partial charge in [-0.3, -0.25) is 9.59 Å². The van der Waals surface area contributed by atoms with Crippen molar-refractivity contribution in [3.8, 4) is 0 Å². The number of rotatable bonds is 6. The molecule has 2 N–H and O–H groups in total. The summed E-state index contributed by atoms with van der Waals surface area (Å²) in [6, 6.07) is 13.1. The normalized spacial score (nSPS) is 14.6. The molecule has 1 fully saturated rings. The van der Waals surface area contributed by atoms with Crippen LogP contribution in [0.25, 0.3) is 0 Å². The molecule has 0 aliphatic heterocycles. The number of anilines is 2. The van der Waals surface area contributed by atoms with E-state index in [0.29, 0.717) is 5.69 Å². The summed E-state index contributed by atoms with van der Waals surface area (Å²) in [6.45, 7) is 1.80. The van der Waals surface area contributed by atoms with Crippen molar-refractivity contribution in [3.63, 3.8) is 0 Å². The largest absolute Gasteiger partial charge is 0.326 e. The van der Waals surface area contributed by atoms with Crippen LogP contribution < -0.4 is 10.6 Å². The van der Waals surface area contributed by atoms with Crippen molar-refractivity contribution in [2.75, 3.05) is 10.6 Å². The fourth-order valence-corrected chi connectivity index (χ4v) is 3.20.